The van der Waals surface area contributed by atoms with Gasteiger partial charge in [0.1, 0.15) is 0 Å². The van der Waals surface area contributed by atoms with E-state index < -0.39 is 5.97 Å². The largest absolute Gasteiger partial charge is 0.480 e. The van der Waals surface area contributed by atoms with Gasteiger partial charge in [-0.3, -0.25) is 9.69 Å². The molecule has 1 rings (SSSR count). The van der Waals surface area contributed by atoms with Crippen molar-refractivity contribution >= 4 is 5.97 Å². The normalized spacial score (nSPS) is 28.6. The number of rotatable bonds is 4. The number of aliphatic hydroxyl groups excluding tert-OH is 1. The number of carbonyl (C=O) groups is 1. The molecular formula is C9H18N2O3. The summed E-state index contributed by atoms with van der Waals surface area (Å²) in [7, 11) is 3.90. The summed E-state index contributed by atoms with van der Waals surface area (Å²) in [6.45, 7) is 1.30. The van der Waals surface area contributed by atoms with Gasteiger partial charge in [0.25, 0.3) is 0 Å². The Bertz CT molecular complexity index is 208. The van der Waals surface area contributed by atoms with E-state index in [4.69, 9.17) is 5.11 Å². The van der Waals surface area contributed by atoms with Crippen molar-refractivity contribution in [2.75, 3.05) is 33.7 Å². The van der Waals surface area contributed by atoms with Crippen LogP contribution in [0.4, 0.5) is 0 Å². The average molecular weight is 202 g/mol. The zero-order chi connectivity index (χ0) is 10.7. The minimum absolute atomic E-state index is 0.0234. The van der Waals surface area contributed by atoms with Crippen LogP contribution >= 0.6 is 0 Å². The number of aliphatic carboxylic acids is 1. The van der Waals surface area contributed by atoms with Crippen molar-refractivity contribution in [3.05, 3.63) is 0 Å². The van der Waals surface area contributed by atoms with Crippen LogP contribution in [-0.2, 0) is 4.79 Å². The van der Waals surface area contributed by atoms with Gasteiger partial charge in [-0.15, -0.1) is 0 Å². The van der Waals surface area contributed by atoms with Crippen LogP contribution in [0, 0.1) is 0 Å². The van der Waals surface area contributed by atoms with Gasteiger partial charge in [0.15, 0.2) is 0 Å². The van der Waals surface area contributed by atoms with E-state index in [0.717, 1.165) is 6.54 Å². The molecule has 1 saturated heterocycles. The molecule has 5 nitrogen and oxygen atoms in total. The van der Waals surface area contributed by atoms with Gasteiger partial charge in [-0.2, -0.15) is 0 Å². The van der Waals surface area contributed by atoms with Crippen LogP contribution in [0.1, 0.15) is 6.42 Å². The van der Waals surface area contributed by atoms with E-state index in [2.05, 4.69) is 0 Å². The lowest BCUT2D eigenvalue weighted by Crippen LogP contribution is -2.40. The number of β-amino-alcohol motifs (C(OH)–C–C–N with tert-alkyl or cyclic N) is 1. The van der Waals surface area contributed by atoms with Crippen LogP contribution in [0.15, 0.2) is 0 Å². The van der Waals surface area contributed by atoms with Crippen molar-refractivity contribution in [1.29, 1.82) is 0 Å². The van der Waals surface area contributed by atoms with Crippen molar-refractivity contribution in [2.45, 2.75) is 18.6 Å². The number of hydrogen-bond donors (Lipinski definition) is 2. The van der Waals surface area contributed by atoms with E-state index in [1.54, 1.807) is 0 Å². The molecule has 1 fully saturated rings. The molecule has 14 heavy (non-hydrogen) atoms. The first-order valence-corrected chi connectivity index (χ1v) is 4.77. The summed E-state index contributed by atoms with van der Waals surface area (Å²) in [5.41, 5.74) is 0. The topological polar surface area (TPSA) is 64.0 Å². The quantitative estimate of drug-likeness (QED) is 0.616. The van der Waals surface area contributed by atoms with Crippen LogP contribution in [0.25, 0.3) is 0 Å². The van der Waals surface area contributed by atoms with E-state index in [1.165, 1.54) is 0 Å². The summed E-state index contributed by atoms with van der Waals surface area (Å²) in [6, 6.07) is 0.163. The molecular weight excluding hydrogens is 184 g/mol. The Labute approximate surface area is 83.9 Å². The number of nitrogens with zero attached hydrogens (tertiary/aromatic N) is 2. The van der Waals surface area contributed by atoms with Gasteiger partial charge in [0.2, 0.25) is 0 Å². The minimum Gasteiger partial charge on any atom is -0.480 e. The first kappa shape index (κ1) is 11.4. The Morgan fingerprint density at radius 3 is 2.71 bits per heavy atom. The number of likely N-dealkylation sites (tertiary alicyclic amines) is 1. The third kappa shape index (κ3) is 3.25. The van der Waals surface area contributed by atoms with Gasteiger partial charge < -0.3 is 15.1 Å². The number of hydrogen-bond acceptors (Lipinski definition) is 4. The molecule has 0 aromatic carbocycles. The maximum absolute atomic E-state index is 10.6. The third-order valence-corrected chi connectivity index (χ3v) is 2.42. The van der Waals surface area contributed by atoms with E-state index in [0.29, 0.717) is 13.0 Å². The molecule has 82 valence electrons. The molecule has 0 radical (unpaired) electrons. The summed E-state index contributed by atoms with van der Waals surface area (Å²) in [5, 5.41) is 18.1. The molecule has 0 aliphatic carbocycles. The predicted octanol–water partition coefficient (Wildman–Crippen LogP) is -0.932. The highest BCUT2D eigenvalue weighted by molar-refractivity contribution is 5.69. The number of likely N-dealkylation sites (N-methyl/N-ethyl adjacent to an activating group) is 1. The zero-order valence-corrected chi connectivity index (χ0v) is 8.68. The van der Waals surface area contributed by atoms with E-state index in [-0.39, 0.29) is 18.7 Å². The molecule has 0 spiro atoms. The summed E-state index contributed by atoms with van der Waals surface area (Å²) in [4.78, 5) is 14.4. The predicted molar refractivity (Wildman–Crippen MR) is 52.2 cm³/mol. The maximum atomic E-state index is 10.6. The van der Waals surface area contributed by atoms with Gasteiger partial charge in [-0.05, 0) is 20.5 Å². The van der Waals surface area contributed by atoms with Crippen molar-refractivity contribution < 1.29 is 15.0 Å². The first-order valence-electron chi connectivity index (χ1n) is 4.77. The lowest BCUT2D eigenvalue weighted by molar-refractivity contribution is -0.138. The van der Waals surface area contributed by atoms with Crippen molar-refractivity contribution in [3.63, 3.8) is 0 Å². The number of carboxylic acid groups (broad SMARTS) is 1. The molecule has 1 heterocycles. The highest BCUT2D eigenvalue weighted by Gasteiger charge is 2.31. The number of aliphatic hydroxyl groups is 1. The lowest BCUT2D eigenvalue weighted by atomic mass is 10.2. The molecule has 1 aliphatic heterocycles. The smallest absolute Gasteiger partial charge is 0.317 e. The summed E-state index contributed by atoms with van der Waals surface area (Å²) in [5.74, 6) is -0.831. The highest BCUT2D eigenvalue weighted by Crippen LogP contribution is 2.17. The van der Waals surface area contributed by atoms with E-state index in [1.807, 2.05) is 23.9 Å². The van der Waals surface area contributed by atoms with Gasteiger partial charge >= 0.3 is 5.97 Å². The molecule has 0 aromatic rings. The fourth-order valence-corrected chi connectivity index (χ4v) is 1.94. The maximum Gasteiger partial charge on any atom is 0.317 e. The fourth-order valence-electron chi connectivity index (χ4n) is 1.94. The molecule has 2 N–H and O–H groups in total. The van der Waals surface area contributed by atoms with Crippen molar-refractivity contribution in [2.24, 2.45) is 0 Å². The fraction of sp³-hybridized carbons (Fsp3) is 0.889. The van der Waals surface area contributed by atoms with Crippen molar-refractivity contribution in [1.82, 2.24) is 9.80 Å². The van der Waals surface area contributed by atoms with E-state index in [9.17, 15) is 9.90 Å². The van der Waals surface area contributed by atoms with Gasteiger partial charge in [0.05, 0.1) is 12.6 Å². The second kappa shape index (κ2) is 4.72. The standard InChI is InChI=1S/C9H18N2O3/c1-10(2)4-7-3-8(12)5-11(7)6-9(13)14/h7-8,12H,3-6H2,1-2H3,(H,13,14). The molecule has 2 atom stereocenters. The van der Waals surface area contributed by atoms with Gasteiger partial charge in [0, 0.05) is 19.1 Å². The number of carboxylic acids is 1. The third-order valence-electron chi connectivity index (χ3n) is 2.42. The Balaban J connectivity index is 2.49. The van der Waals surface area contributed by atoms with Crippen LogP contribution < -0.4 is 0 Å². The molecule has 0 saturated carbocycles. The zero-order valence-electron chi connectivity index (χ0n) is 8.68. The molecule has 5 heteroatoms. The highest BCUT2D eigenvalue weighted by atomic mass is 16.4. The van der Waals surface area contributed by atoms with Crippen LogP contribution in [0.5, 0.6) is 0 Å². The summed E-state index contributed by atoms with van der Waals surface area (Å²) >= 11 is 0. The monoisotopic (exact) mass is 202 g/mol. The summed E-state index contributed by atoms with van der Waals surface area (Å²) in [6.07, 6.45) is 0.296. The lowest BCUT2D eigenvalue weighted by Gasteiger charge is -2.24. The van der Waals surface area contributed by atoms with Crippen LogP contribution in [-0.4, -0.2) is 71.9 Å². The average Bonchev–Trinajstić information content (AvgIpc) is 2.28. The van der Waals surface area contributed by atoms with Gasteiger partial charge in [-0.25, -0.2) is 0 Å². The van der Waals surface area contributed by atoms with E-state index >= 15 is 0 Å². The Hall–Kier alpha value is -0.650. The molecule has 0 amide bonds. The van der Waals surface area contributed by atoms with Gasteiger partial charge in [-0.1, -0.05) is 0 Å². The molecule has 1 aliphatic rings. The minimum atomic E-state index is -0.831. The Morgan fingerprint density at radius 2 is 2.21 bits per heavy atom. The second-order valence-electron chi connectivity index (χ2n) is 4.13. The SMILES string of the molecule is CN(C)CC1CC(O)CN1CC(=O)O. The molecule has 0 bridgehead atoms. The Kier molecular flexibility index (Phi) is 3.86. The van der Waals surface area contributed by atoms with Crippen LogP contribution in [0.2, 0.25) is 0 Å². The second-order valence-corrected chi connectivity index (χ2v) is 4.13. The Morgan fingerprint density at radius 1 is 1.57 bits per heavy atom. The molecule has 0 aromatic heterocycles. The van der Waals surface area contributed by atoms with Crippen LogP contribution in [0.3, 0.4) is 0 Å². The summed E-state index contributed by atoms with van der Waals surface area (Å²) < 4.78 is 0. The first-order chi connectivity index (χ1) is 6.49. The van der Waals surface area contributed by atoms with Crippen molar-refractivity contribution in [3.8, 4) is 0 Å². The molecule has 2 unspecified atom stereocenters.